The number of thiol groups is 1. The predicted octanol–water partition coefficient (Wildman–Crippen LogP) is 0.465. The number of rotatable bonds is 3. The van der Waals surface area contributed by atoms with Crippen LogP contribution in [0.5, 0.6) is 0 Å². The Morgan fingerprint density at radius 1 is 1.47 bits per heavy atom. The summed E-state index contributed by atoms with van der Waals surface area (Å²) >= 11 is 3.87. The lowest BCUT2D eigenvalue weighted by Gasteiger charge is -2.17. The number of hydrogen-bond acceptors (Lipinski definition) is 5. The maximum atomic E-state index is 9.72. The minimum Gasteiger partial charge on any atom is -0.399 e. The maximum absolute atomic E-state index is 9.72. The normalized spacial score (nSPS) is 14.3. The maximum Gasteiger partial charge on any atom is 0.107 e. The van der Waals surface area contributed by atoms with Gasteiger partial charge in [-0.3, -0.25) is 0 Å². The number of nitrogen functional groups attached to an aromatic ring is 1. The summed E-state index contributed by atoms with van der Waals surface area (Å²) in [7, 11) is 0. The summed E-state index contributed by atoms with van der Waals surface area (Å²) in [5.74, 6) is 0.112. The molecule has 0 aliphatic heterocycles. The fourth-order valence-electron chi connectivity index (χ4n) is 1.23. The summed E-state index contributed by atoms with van der Waals surface area (Å²) in [6.45, 7) is 0. The second-order valence-corrected chi connectivity index (χ2v) is 3.52. The fraction of sp³-hybridized carbons (Fsp3) is 0.300. The molecule has 1 aromatic carbocycles. The van der Waals surface area contributed by atoms with Crippen LogP contribution in [0.1, 0.15) is 17.2 Å². The first-order valence-electron chi connectivity index (χ1n) is 4.36. The Labute approximate surface area is 93.4 Å². The van der Waals surface area contributed by atoms with Gasteiger partial charge in [0, 0.05) is 17.0 Å². The molecule has 0 amide bonds. The van der Waals surface area contributed by atoms with Crippen LogP contribution < -0.4 is 5.73 Å². The van der Waals surface area contributed by atoms with Crippen molar-refractivity contribution < 1.29 is 10.2 Å². The second kappa shape index (κ2) is 5.03. The van der Waals surface area contributed by atoms with Gasteiger partial charge in [0.25, 0.3) is 0 Å². The van der Waals surface area contributed by atoms with Crippen molar-refractivity contribution in [2.75, 3.05) is 11.5 Å². The molecule has 4 nitrogen and oxygen atoms in total. The smallest absolute Gasteiger partial charge is 0.107 e. The van der Waals surface area contributed by atoms with Crippen molar-refractivity contribution >= 4 is 18.3 Å². The average molecular weight is 224 g/mol. The third-order valence-electron chi connectivity index (χ3n) is 2.07. The van der Waals surface area contributed by atoms with Crippen molar-refractivity contribution in [1.82, 2.24) is 0 Å². The molecule has 0 saturated heterocycles. The number of anilines is 1. The first-order chi connectivity index (χ1) is 7.10. The van der Waals surface area contributed by atoms with Crippen LogP contribution in [0.25, 0.3) is 0 Å². The minimum atomic E-state index is -1.14. The number of nitrogens with two attached hydrogens (primary N) is 1. The van der Waals surface area contributed by atoms with Crippen molar-refractivity contribution in [3.8, 4) is 6.07 Å². The molecule has 0 radical (unpaired) electrons. The average Bonchev–Trinajstić information content (AvgIpc) is 2.27. The lowest BCUT2D eigenvalue weighted by molar-refractivity contribution is 0.0336. The van der Waals surface area contributed by atoms with E-state index in [0.29, 0.717) is 16.8 Å². The van der Waals surface area contributed by atoms with Crippen LogP contribution in [0.15, 0.2) is 18.2 Å². The summed E-state index contributed by atoms with van der Waals surface area (Å²) in [6.07, 6.45) is -2.15. The summed E-state index contributed by atoms with van der Waals surface area (Å²) in [4.78, 5) is 0. The Morgan fingerprint density at radius 2 is 2.13 bits per heavy atom. The molecule has 1 rings (SSSR count). The van der Waals surface area contributed by atoms with E-state index in [9.17, 15) is 10.2 Å². The van der Waals surface area contributed by atoms with E-state index < -0.39 is 12.2 Å². The van der Waals surface area contributed by atoms with Gasteiger partial charge in [-0.05, 0) is 18.2 Å². The molecular weight excluding hydrogens is 212 g/mol. The van der Waals surface area contributed by atoms with E-state index in [-0.39, 0.29) is 5.75 Å². The number of benzene rings is 1. The van der Waals surface area contributed by atoms with Gasteiger partial charge in [-0.1, -0.05) is 0 Å². The highest BCUT2D eigenvalue weighted by Crippen LogP contribution is 2.23. The van der Waals surface area contributed by atoms with Gasteiger partial charge in [0.15, 0.2) is 0 Å². The topological polar surface area (TPSA) is 90.3 Å². The van der Waals surface area contributed by atoms with Crippen LogP contribution in [0.2, 0.25) is 0 Å². The van der Waals surface area contributed by atoms with E-state index in [0.717, 1.165) is 0 Å². The summed E-state index contributed by atoms with van der Waals surface area (Å²) in [5, 5.41) is 27.9. The standard InChI is InChI=1S/C10H12N2O2S/c11-4-6-1-2-7(12)3-8(6)10(14)9(13)5-15/h1-3,9-10,13-15H,5,12H2. The molecule has 2 atom stereocenters. The molecular formula is C10H12N2O2S. The van der Waals surface area contributed by atoms with Gasteiger partial charge in [-0.25, -0.2) is 0 Å². The number of hydrogen-bond donors (Lipinski definition) is 4. The Hall–Kier alpha value is -1.22. The molecule has 0 bridgehead atoms. The van der Waals surface area contributed by atoms with E-state index in [4.69, 9.17) is 11.0 Å². The summed E-state index contributed by atoms with van der Waals surface area (Å²) in [6, 6.07) is 6.50. The highest BCUT2D eigenvalue weighted by molar-refractivity contribution is 7.80. The van der Waals surface area contributed by atoms with Gasteiger partial charge in [0.05, 0.1) is 17.7 Å². The van der Waals surface area contributed by atoms with Crippen molar-refractivity contribution in [3.05, 3.63) is 29.3 Å². The summed E-state index contributed by atoms with van der Waals surface area (Å²) in [5.41, 5.74) is 6.62. The van der Waals surface area contributed by atoms with E-state index >= 15 is 0 Å². The van der Waals surface area contributed by atoms with Crippen LogP contribution in [0.4, 0.5) is 5.69 Å². The van der Waals surface area contributed by atoms with Crippen molar-refractivity contribution in [1.29, 1.82) is 5.26 Å². The minimum absolute atomic E-state index is 0.112. The van der Waals surface area contributed by atoms with Gasteiger partial charge in [0.2, 0.25) is 0 Å². The predicted molar refractivity (Wildman–Crippen MR) is 60.4 cm³/mol. The van der Waals surface area contributed by atoms with Gasteiger partial charge >= 0.3 is 0 Å². The molecule has 5 heteroatoms. The van der Waals surface area contributed by atoms with Gasteiger partial charge in [-0.2, -0.15) is 17.9 Å². The SMILES string of the molecule is N#Cc1ccc(N)cc1C(O)C(O)CS. The van der Waals surface area contributed by atoms with Crippen molar-refractivity contribution in [3.63, 3.8) is 0 Å². The molecule has 0 heterocycles. The van der Waals surface area contributed by atoms with Crippen LogP contribution in [0.3, 0.4) is 0 Å². The molecule has 0 aliphatic rings. The number of aliphatic hydroxyl groups excluding tert-OH is 2. The van der Waals surface area contributed by atoms with Crippen LogP contribution in [-0.4, -0.2) is 22.1 Å². The van der Waals surface area contributed by atoms with Crippen molar-refractivity contribution in [2.45, 2.75) is 12.2 Å². The molecule has 0 aliphatic carbocycles. The number of nitrogens with zero attached hydrogens (tertiary/aromatic N) is 1. The zero-order valence-corrected chi connectivity index (χ0v) is 8.85. The number of nitriles is 1. The molecule has 0 aromatic heterocycles. The lowest BCUT2D eigenvalue weighted by atomic mass is 9.99. The van der Waals surface area contributed by atoms with E-state index in [1.807, 2.05) is 6.07 Å². The van der Waals surface area contributed by atoms with Gasteiger partial charge < -0.3 is 15.9 Å². The zero-order chi connectivity index (χ0) is 11.4. The van der Waals surface area contributed by atoms with Crippen LogP contribution in [-0.2, 0) is 0 Å². The van der Waals surface area contributed by atoms with Crippen molar-refractivity contribution in [2.24, 2.45) is 0 Å². The van der Waals surface area contributed by atoms with Crippen LogP contribution >= 0.6 is 12.6 Å². The van der Waals surface area contributed by atoms with E-state index in [1.54, 1.807) is 6.07 Å². The lowest BCUT2D eigenvalue weighted by Crippen LogP contribution is -2.20. The Balaban J connectivity index is 3.12. The zero-order valence-electron chi connectivity index (χ0n) is 7.96. The monoisotopic (exact) mass is 224 g/mol. The Morgan fingerprint density at radius 3 is 2.67 bits per heavy atom. The first kappa shape index (κ1) is 11.9. The molecule has 4 N–H and O–H groups in total. The molecule has 0 fully saturated rings. The fourth-order valence-corrected chi connectivity index (χ4v) is 1.43. The quantitative estimate of drug-likeness (QED) is 0.443. The van der Waals surface area contributed by atoms with Gasteiger partial charge in [-0.15, -0.1) is 0 Å². The molecule has 15 heavy (non-hydrogen) atoms. The largest absolute Gasteiger partial charge is 0.399 e. The van der Waals surface area contributed by atoms with Gasteiger partial charge in [0.1, 0.15) is 6.10 Å². The van der Waals surface area contributed by atoms with E-state index in [2.05, 4.69) is 12.6 Å². The third kappa shape index (κ3) is 2.63. The van der Waals surface area contributed by atoms with E-state index in [1.165, 1.54) is 12.1 Å². The highest BCUT2D eigenvalue weighted by Gasteiger charge is 2.20. The molecule has 1 aromatic rings. The van der Waals surface area contributed by atoms with Crippen LogP contribution in [0, 0.1) is 11.3 Å². The third-order valence-corrected chi connectivity index (χ3v) is 2.44. The molecule has 80 valence electrons. The molecule has 0 spiro atoms. The molecule has 0 saturated carbocycles. The first-order valence-corrected chi connectivity index (χ1v) is 5.00. The summed E-state index contributed by atoms with van der Waals surface area (Å²) < 4.78 is 0. The Bertz CT molecular complexity index is 389. The highest BCUT2D eigenvalue weighted by atomic mass is 32.1. The Kier molecular flexibility index (Phi) is 3.97. The second-order valence-electron chi connectivity index (χ2n) is 3.15. The number of aliphatic hydroxyl groups is 2. The molecule has 2 unspecified atom stereocenters.